The van der Waals surface area contributed by atoms with Gasteiger partial charge in [-0.05, 0) is 19.1 Å². The molecule has 110 valence electrons. The van der Waals surface area contributed by atoms with E-state index in [-0.39, 0.29) is 22.7 Å². The molecule has 0 aromatic heterocycles. The maximum absolute atomic E-state index is 12.9. The molecular weight excluding hydrogens is 290 g/mol. The minimum atomic E-state index is -3.31. The zero-order chi connectivity index (χ0) is 14.9. The van der Waals surface area contributed by atoms with Gasteiger partial charge >= 0.3 is 6.11 Å². The van der Waals surface area contributed by atoms with Crippen LogP contribution in [0, 0.1) is 0 Å². The Morgan fingerprint density at radius 2 is 2.20 bits per heavy atom. The average molecular weight is 305 g/mol. The number of hydrogen-bond donors (Lipinski definition) is 1. The number of hydrogen-bond acceptors (Lipinski definition) is 3. The molecule has 1 aliphatic heterocycles. The van der Waals surface area contributed by atoms with Gasteiger partial charge in [-0.1, -0.05) is 11.6 Å². The lowest BCUT2D eigenvalue weighted by Crippen LogP contribution is -2.54. The molecule has 0 bridgehead atoms. The number of halogens is 3. The Morgan fingerprint density at radius 1 is 1.50 bits per heavy atom. The van der Waals surface area contributed by atoms with Gasteiger partial charge in [0.2, 0.25) is 5.91 Å². The Kier molecular flexibility index (Phi) is 4.04. The van der Waals surface area contributed by atoms with E-state index in [4.69, 9.17) is 11.6 Å². The summed E-state index contributed by atoms with van der Waals surface area (Å²) < 4.78 is 30.4. The lowest BCUT2D eigenvalue weighted by atomic mass is 10.1. The van der Waals surface area contributed by atoms with Crippen molar-refractivity contribution in [3.05, 3.63) is 23.2 Å². The third-order valence-corrected chi connectivity index (χ3v) is 3.35. The molecule has 1 saturated heterocycles. The second kappa shape index (κ2) is 5.44. The molecule has 1 N–H and O–H groups in total. The third kappa shape index (κ3) is 3.30. The van der Waals surface area contributed by atoms with Crippen molar-refractivity contribution in [2.24, 2.45) is 0 Å². The molecule has 0 radical (unpaired) electrons. The topological polar surface area (TPSA) is 41.6 Å². The summed E-state index contributed by atoms with van der Waals surface area (Å²) in [5.41, 5.74) is 0.621. The lowest BCUT2D eigenvalue weighted by molar-refractivity contribution is -0.158. The van der Waals surface area contributed by atoms with Gasteiger partial charge < -0.3 is 15.0 Å². The number of piperazine rings is 1. The SMILES string of the molecule is C[C@H]1C(=O)NCCN1c1ccc(Cl)c(OC(C)(F)F)c1. The van der Waals surface area contributed by atoms with Crippen LogP contribution in [0.15, 0.2) is 18.2 Å². The quantitative estimate of drug-likeness (QED) is 0.933. The summed E-state index contributed by atoms with van der Waals surface area (Å²) in [6.07, 6.45) is -3.31. The minimum Gasteiger partial charge on any atom is -0.431 e. The molecule has 1 fully saturated rings. The number of alkyl halides is 2. The monoisotopic (exact) mass is 304 g/mol. The second-order valence-electron chi connectivity index (χ2n) is 4.69. The minimum absolute atomic E-state index is 0.101. The maximum atomic E-state index is 12.9. The predicted molar refractivity (Wildman–Crippen MR) is 72.5 cm³/mol. The van der Waals surface area contributed by atoms with Gasteiger partial charge in [-0.2, -0.15) is 8.78 Å². The molecule has 2 rings (SSSR count). The number of carbonyl (C=O) groups excluding carboxylic acids is 1. The van der Waals surface area contributed by atoms with Crippen LogP contribution in [0.5, 0.6) is 5.75 Å². The Balaban J connectivity index is 2.29. The fraction of sp³-hybridized carbons (Fsp3) is 0.462. The highest BCUT2D eigenvalue weighted by molar-refractivity contribution is 6.32. The molecule has 7 heteroatoms. The fourth-order valence-corrected chi connectivity index (χ4v) is 2.23. The number of nitrogens with one attached hydrogen (secondary N) is 1. The highest BCUT2D eigenvalue weighted by Gasteiger charge is 2.28. The number of nitrogens with zero attached hydrogens (tertiary/aromatic N) is 1. The zero-order valence-corrected chi connectivity index (χ0v) is 11.9. The number of rotatable bonds is 3. The van der Waals surface area contributed by atoms with Crippen LogP contribution in [0.3, 0.4) is 0 Å². The van der Waals surface area contributed by atoms with Crippen LogP contribution in [0.4, 0.5) is 14.5 Å². The van der Waals surface area contributed by atoms with Gasteiger partial charge in [0.1, 0.15) is 11.8 Å². The van der Waals surface area contributed by atoms with E-state index in [0.29, 0.717) is 25.7 Å². The van der Waals surface area contributed by atoms with Crippen molar-refractivity contribution >= 4 is 23.2 Å². The van der Waals surface area contributed by atoms with E-state index < -0.39 is 6.11 Å². The summed E-state index contributed by atoms with van der Waals surface area (Å²) >= 11 is 5.85. The molecule has 1 atom stereocenters. The van der Waals surface area contributed by atoms with Crippen molar-refractivity contribution in [1.29, 1.82) is 0 Å². The first-order chi connectivity index (χ1) is 9.28. The maximum Gasteiger partial charge on any atom is 0.394 e. The largest absolute Gasteiger partial charge is 0.431 e. The van der Waals surface area contributed by atoms with Gasteiger partial charge in [-0.25, -0.2) is 0 Å². The Labute approximate surface area is 120 Å². The first kappa shape index (κ1) is 14.8. The molecule has 0 saturated carbocycles. The van der Waals surface area contributed by atoms with Gasteiger partial charge in [0.05, 0.1) is 5.02 Å². The number of ether oxygens (including phenoxy) is 1. The van der Waals surface area contributed by atoms with Crippen LogP contribution in [0.25, 0.3) is 0 Å². The normalized spacial score (nSPS) is 19.8. The van der Waals surface area contributed by atoms with Crippen LogP contribution in [-0.2, 0) is 4.79 Å². The molecule has 0 aliphatic carbocycles. The van der Waals surface area contributed by atoms with Crippen LogP contribution >= 0.6 is 11.6 Å². The molecule has 1 amide bonds. The van der Waals surface area contributed by atoms with E-state index in [0.717, 1.165) is 0 Å². The van der Waals surface area contributed by atoms with Crippen molar-refractivity contribution in [1.82, 2.24) is 5.32 Å². The molecule has 0 spiro atoms. The standard InChI is InChI=1S/C13H15ClF2N2O2/c1-8-12(19)17-5-6-18(8)9-3-4-10(14)11(7-9)20-13(2,15)16/h3-4,7-8H,5-6H2,1-2H3,(H,17,19)/t8-/m0/s1. The first-order valence-electron chi connectivity index (χ1n) is 6.18. The van der Waals surface area contributed by atoms with Crippen LogP contribution < -0.4 is 15.0 Å². The van der Waals surface area contributed by atoms with Crippen molar-refractivity contribution in [3.63, 3.8) is 0 Å². The molecular formula is C13H15ClF2N2O2. The summed E-state index contributed by atoms with van der Waals surface area (Å²) in [6.45, 7) is 3.49. The van der Waals surface area contributed by atoms with Gasteiger partial charge in [0, 0.05) is 31.8 Å². The Morgan fingerprint density at radius 3 is 2.85 bits per heavy atom. The highest BCUT2D eigenvalue weighted by Crippen LogP contribution is 2.33. The molecule has 20 heavy (non-hydrogen) atoms. The summed E-state index contributed by atoms with van der Waals surface area (Å²) in [5, 5.41) is 2.84. The number of anilines is 1. The molecule has 0 unspecified atom stereocenters. The molecule has 1 aliphatic rings. The first-order valence-corrected chi connectivity index (χ1v) is 6.56. The molecule has 4 nitrogen and oxygen atoms in total. The predicted octanol–water partition coefficient (Wildman–Crippen LogP) is 2.66. The highest BCUT2D eigenvalue weighted by atomic mass is 35.5. The van der Waals surface area contributed by atoms with E-state index in [1.807, 2.05) is 4.90 Å². The summed E-state index contributed by atoms with van der Waals surface area (Å²) in [4.78, 5) is 13.4. The average Bonchev–Trinajstić information content (AvgIpc) is 2.34. The van der Waals surface area contributed by atoms with Crippen molar-refractivity contribution < 1.29 is 18.3 Å². The van der Waals surface area contributed by atoms with E-state index >= 15 is 0 Å². The smallest absolute Gasteiger partial charge is 0.394 e. The number of benzene rings is 1. The Bertz CT molecular complexity index is 520. The second-order valence-corrected chi connectivity index (χ2v) is 5.09. The lowest BCUT2D eigenvalue weighted by Gasteiger charge is -2.35. The zero-order valence-electron chi connectivity index (χ0n) is 11.1. The van der Waals surface area contributed by atoms with Crippen LogP contribution in [-0.4, -0.2) is 31.1 Å². The van der Waals surface area contributed by atoms with Gasteiger partial charge in [0.25, 0.3) is 0 Å². The molecule has 1 aromatic carbocycles. The molecule has 1 heterocycles. The Hall–Kier alpha value is -1.56. The summed E-state index contributed by atoms with van der Waals surface area (Å²) in [6, 6.07) is 4.21. The van der Waals surface area contributed by atoms with Gasteiger partial charge in [0.15, 0.2) is 0 Å². The number of amides is 1. The third-order valence-electron chi connectivity index (χ3n) is 3.03. The van der Waals surface area contributed by atoms with Gasteiger partial charge in [-0.15, -0.1) is 0 Å². The van der Waals surface area contributed by atoms with E-state index in [9.17, 15) is 13.6 Å². The van der Waals surface area contributed by atoms with Crippen LogP contribution in [0.1, 0.15) is 13.8 Å². The number of carbonyl (C=O) groups is 1. The van der Waals surface area contributed by atoms with E-state index in [1.54, 1.807) is 13.0 Å². The van der Waals surface area contributed by atoms with E-state index in [2.05, 4.69) is 10.1 Å². The van der Waals surface area contributed by atoms with Crippen LogP contribution in [0.2, 0.25) is 5.02 Å². The summed E-state index contributed by atoms with van der Waals surface area (Å²) in [5.74, 6) is -0.204. The van der Waals surface area contributed by atoms with E-state index in [1.165, 1.54) is 12.1 Å². The summed E-state index contributed by atoms with van der Waals surface area (Å²) in [7, 11) is 0. The van der Waals surface area contributed by atoms with Crippen molar-refractivity contribution in [3.8, 4) is 5.75 Å². The fourth-order valence-electron chi connectivity index (χ4n) is 2.08. The van der Waals surface area contributed by atoms with Crippen molar-refractivity contribution in [2.45, 2.75) is 26.0 Å². The van der Waals surface area contributed by atoms with Crippen molar-refractivity contribution in [2.75, 3.05) is 18.0 Å². The van der Waals surface area contributed by atoms with Gasteiger partial charge in [-0.3, -0.25) is 4.79 Å². The molecule has 1 aromatic rings.